The van der Waals surface area contributed by atoms with Crippen LogP contribution in [0, 0.1) is 0 Å². The molecular weight excluding hydrogens is 167 g/mol. The number of rotatable bonds is 6. The Hall–Kier alpha value is -0.230. The number of hydrogen-bond acceptors (Lipinski definition) is 4. The maximum Gasteiger partial charge on any atom is 0.118 e. The number of hydrogen-bond donors (Lipinski definition) is 4. The molecule has 4 nitrogen and oxygen atoms in total. The van der Waals surface area contributed by atoms with E-state index >= 15 is 0 Å². The van der Waals surface area contributed by atoms with Crippen molar-refractivity contribution >= 4 is 0 Å². The Labute approximate surface area is 70.3 Å². The molecule has 3 unspecified atom stereocenters. The predicted octanol–water partition coefficient (Wildman–Crippen LogP) is -1.19. The highest BCUT2D eigenvalue weighted by Crippen LogP contribution is 2.06. The van der Waals surface area contributed by atoms with Crippen LogP contribution < -0.4 is 0 Å². The second-order valence-electron chi connectivity index (χ2n) is 2.69. The summed E-state index contributed by atoms with van der Waals surface area (Å²) in [6, 6.07) is 0. The van der Waals surface area contributed by atoms with Gasteiger partial charge in [-0.3, -0.25) is 0 Å². The molecule has 0 aliphatic rings. The maximum atomic E-state index is 11.7. The topological polar surface area (TPSA) is 80.9 Å². The molecule has 0 aromatic rings. The average Bonchev–Trinajstić information content (AvgIpc) is 2.03. The zero-order chi connectivity index (χ0) is 9.56. The Morgan fingerprint density at radius 3 is 2.08 bits per heavy atom. The van der Waals surface area contributed by atoms with Crippen LogP contribution in [-0.4, -0.2) is 52.0 Å². The smallest absolute Gasteiger partial charge is 0.118 e. The predicted molar refractivity (Wildman–Crippen MR) is 40.3 cm³/mol. The first kappa shape index (κ1) is 11.8. The molecule has 0 aromatic heterocycles. The third kappa shape index (κ3) is 4.61. The van der Waals surface area contributed by atoms with Crippen LogP contribution in [0.25, 0.3) is 0 Å². The van der Waals surface area contributed by atoms with Crippen molar-refractivity contribution in [1.29, 1.82) is 0 Å². The largest absolute Gasteiger partial charge is 0.396 e. The summed E-state index contributed by atoms with van der Waals surface area (Å²) < 4.78 is 11.7. The third-order valence-electron chi connectivity index (χ3n) is 1.58. The van der Waals surface area contributed by atoms with Crippen LogP contribution >= 0.6 is 0 Å². The minimum absolute atomic E-state index is 0.119. The van der Waals surface area contributed by atoms with E-state index in [4.69, 9.17) is 20.4 Å². The summed E-state index contributed by atoms with van der Waals surface area (Å²) >= 11 is 0. The molecule has 74 valence electrons. The quantitative estimate of drug-likeness (QED) is 0.416. The highest BCUT2D eigenvalue weighted by molar-refractivity contribution is 4.70. The van der Waals surface area contributed by atoms with Crippen molar-refractivity contribution in [3.8, 4) is 0 Å². The summed E-state index contributed by atoms with van der Waals surface area (Å²) in [5.74, 6) is 0. The Bertz CT molecular complexity index is 112. The molecule has 0 heterocycles. The Kier molecular flexibility index (Phi) is 6.18. The summed E-state index contributed by atoms with van der Waals surface area (Å²) in [5, 5.41) is 35.1. The lowest BCUT2D eigenvalue weighted by atomic mass is 10.1. The van der Waals surface area contributed by atoms with Gasteiger partial charge in [0.05, 0.1) is 12.2 Å². The van der Waals surface area contributed by atoms with E-state index in [1.165, 1.54) is 0 Å². The number of alkyl halides is 1. The van der Waals surface area contributed by atoms with Crippen molar-refractivity contribution in [3.05, 3.63) is 0 Å². The van der Waals surface area contributed by atoms with Gasteiger partial charge in [0.1, 0.15) is 12.8 Å². The van der Waals surface area contributed by atoms with E-state index in [-0.39, 0.29) is 19.4 Å². The van der Waals surface area contributed by atoms with E-state index in [1.807, 2.05) is 0 Å². The van der Waals surface area contributed by atoms with Gasteiger partial charge in [-0.25, -0.2) is 4.39 Å². The first-order chi connectivity index (χ1) is 5.61. The molecule has 3 atom stereocenters. The van der Waals surface area contributed by atoms with E-state index in [0.29, 0.717) is 0 Å². The van der Waals surface area contributed by atoms with Crippen LogP contribution in [0.4, 0.5) is 4.39 Å². The molecule has 0 radical (unpaired) electrons. The molecule has 0 fully saturated rings. The van der Waals surface area contributed by atoms with Gasteiger partial charge >= 0.3 is 0 Å². The molecule has 0 aliphatic heterocycles. The molecule has 0 saturated heterocycles. The zero-order valence-corrected chi connectivity index (χ0v) is 6.73. The third-order valence-corrected chi connectivity index (χ3v) is 1.58. The summed E-state index contributed by atoms with van der Waals surface area (Å²) in [4.78, 5) is 0. The van der Waals surface area contributed by atoms with E-state index in [9.17, 15) is 4.39 Å². The van der Waals surface area contributed by atoms with Crippen LogP contribution in [0.15, 0.2) is 0 Å². The van der Waals surface area contributed by atoms with Gasteiger partial charge < -0.3 is 20.4 Å². The van der Waals surface area contributed by atoms with Gasteiger partial charge in [0, 0.05) is 13.0 Å². The van der Waals surface area contributed by atoms with Gasteiger partial charge in [0.25, 0.3) is 0 Å². The summed E-state index contributed by atoms with van der Waals surface area (Å²) in [5.41, 5.74) is 0. The molecule has 4 N–H and O–H groups in total. The minimum atomic E-state index is -1.45. The highest BCUT2D eigenvalue weighted by Gasteiger charge is 2.19. The van der Waals surface area contributed by atoms with Crippen molar-refractivity contribution < 1.29 is 24.8 Å². The molecule has 0 aromatic carbocycles. The normalized spacial score (nSPS) is 18.8. The number of halogens is 1. The van der Waals surface area contributed by atoms with Crippen LogP contribution in [-0.2, 0) is 0 Å². The molecule has 0 amide bonds. The van der Waals surface area contributed by atoms with Gasteiger partial charge in [-0.2, -0.15) is 0 Å². The van der Waals surface area contributed by atoms with Crippen LogP contribution in [0.1, 0.15) is 12.8 Å². The van der Waals surface area contributed by atoms with Gasteiger partial charge in [-0.05, 0) is 6.42 Å². The van der Waals surface area contributed by atoms with E-state index in [0.717, 1.165) is 0 Å². The number of aliphatic hydroxyl groups is 4. The molecule has 0 saturated carbocycles. The zero-order valence-electron chi connectivity index (χ0n) is 6.73. The van der Waals surface area contributed by atoms with E-state index in [1.54, 1.807) is 0 Å². The van der Waals surface area contributed by atoms with E-state index < -0.39 is 25.0 Å². The van der Waals surface area contributed by atoms with E-state index in [2.05, 4.69) is 0 Å². The maximum absolute atomic E-state index is 11.7. The summed E-state index contributed by atoms with van der Waals surface area (Å²) in [6.45, 7) is -1.23. The van der Waals surface area contributed by atoms with Gasteiger partial charge in [0.2, 0.25) is 0 Å². The summed E-state index contributed by atoms with van der Waals surface area (Å²) in [6.07, 6.45) is -3.61. The summed E-state index contributed by atoms with van der Waals surface area (Å²) in [7, 11) is 0. The molecule has 5 heteroatoms. The number of aliphatic hydroxyl groups excluding tert-OH is 4. The second kappa shape index (κ2) is 6.30. The molecule has 12 heavy (non-hydrogen) atoms. The second-order valence-corrected chi connectivity index (χ2v) is 2.69. The highest BCUT2D eigenvalue weighted by atomic mass is 19.1. The lowest BCUT2D eigenvalue weighted by Gasteiger charge is -2.17. The van der Waals surface area contributed by atoms with Crippen molar-refractivity contribution in [3.63, 3.8) is 0 Å². The lowest BCUT2D eigenvalue weighted by molar-refractivity contribution is -0.0253. The first-order valence-electron chi connectivity index (χ1n) is 3.82. The molecule has 0 aliphatic carbocycles. The monoisotopic (exact) mass is 182 g/mol. The fraction of sp³-hybridized carbons (Fsp3) is 1.00. The lowest BCUT2D eigenvalue weighted by Crippen LogP contribution is -2.31. The molecular formula is C7H15FO4. The van der Waals surface area contributed by atoms with Crippen molar-refractivity contribution in [2.45, 2.75) is 31.2 Å². The average molecular weight is 182 g/mol. The fourth-order valence-corrected chi connectivity index (χ4v) is 0.806. The Morgan fingerprint density at radius 2 is 1.67 bits per heavy atom. The van der Waals surface area contributed by atoms with Crippen LogP contribution in [0.5, 0.6) is 0 Å². The van der Waals surface area contributed by atoms with Gasteiger partial charge in [0.15, 0.2) is 0 Å². The molecule has 0 rings (SSSR count). The standard InChI is InChI=1S/C7H15FO4/c8-4-7(12)6(11)3-5(10)1-2-9/h5-7,9-12H,1-4H2. The Balaban J connectivity index is 3.59. The van der Waals surface area contributed by atoms with Crippen molar-refractivity contribution in [1.82, 2.24) is 0 Å². The Morgan fingerprint density at radius 1 is 1.08 bits per heavy atom. The van der Waals surface area contributed by atoms with Crippen molar-refractivity contribution in [2.24, 2.45) is 0 Å². The van der Waals surface area contributed by atoms with Crippen LogP contribution in [0.2, 0.25) is 0 Å². The van der Waals surface area contributed by atoms with Crippen LogP contribution in [0.3, 0.4) is 0 Å². The first-order valence-corrected chi connectivity index (χ1v) is 3.82. The molecule has 0 spiro atoms. The van der Waals surface area contributed by atoms with Gasteiger partial charge in [-0.15, -0.1) is 0 Å². The fourth-order valence-electron chi connectivity index (χ4n) is 0.806. The van der Waals surface area contributed by atoms with Gasteiger partial charge in [-0.1, -0.05) is 0 Å². The van der Waals surface area contributed by atoms with Crippen molar-refractivity contribution in [2.75, 3.05) is 13.3 Å². The minimum Gasteiger partial charge on any atom is -0.396 e. The SMILES string of the molecule is OCCC(O)CC(O)C(O)CF. The molecule has 0 bridgehead atoms.